The first-order chi connectivity index (χ1) is 11.3. The number of phenolic OH excluding ortho intramolecular Hbond substituents is 1. The number of aliphatic imine (C=N–C) groups is 1. The van der Waals surface area contributed by atoms with Gasteiger partial charge >= 0.3 is 0 Å². The van der Waals surface area contributed by atoms with Gasteiger partial charge in [-0.05, 0) is 37.0 Å². The van der Waals surface area contributed by atoms with Gasteiger partial charge in [0, 0.05) is 17.3 Å². The zero-order valence-electron chi connectivity index (χ0n) is 13.5. The lowest BCUT2D eigenvalue weighted by molar-refractivity contribution is -0.918. The Morgan fingerprint density at radius 1 is 0.913 bits per heavy atom. The second kappa shape index (κ2) is 7.93. The van der Waals surface area contributed by atoms with E-state index < -0.39 is 0 Å². The van der Waals surface area contributed by atoms with Gasteiger partial charge in [0.05, 0.1) is 19.6 Å². The number of rotatable bonds is 5. The summed E-state index contributed by atoms with van der Waals surface area (Å²) in [5, 5.41) is 9.71. The number of nitrogens with one attached hydrogen (secondary N) is 1. The van der Waals surface area contributed by atoms with Crippen LogP contribution in [0.25, 0.3) is 0 Å². The Morgan fingerprint density at radius 3 is 2.35 bits per heavy atom. The summed E-state index contributed by atoms with van der Waals surface area (Å²) in [6.07, 6.45) is 5.88. The third-order valence-electron chi connectivity index (χ3n) is 4.48. The van der Waals surface area contributed by atoms with E-state index in [0.717, 1.165) is 12.1 Å². The number of likely N-dealkylation sites (tertiary alicyclic amines) is 1. The zero-order valence-corrected chi connectivity index (χ0v) is 13.5. The molecule has 2 N–H and O–H groups in total. The lowest BCUT2D eigenvalue weighted by Crippen LogP contribution is -3.11. The fourth-order valence-corrected chi connectivity index (χ4v) is 3.13. The molecule has 0 atom stereocenters. The topological polar surface area (TPSA) is 37.0 Å². The highest BCUT2D eigenvalue weighted by atomic mass is 16.3. The van der Waals surface area contributed by atoms with Crippen LogP contribution in [-0.2, 0) is 13.1 Å². The Morgan fingerprint density at radius 2 is 1.61 bits per heavy atom. The van der Waals surface area contributed by atoms with Crippen LogP contribution in [0.1, 0.15) is 36.0 Å². The van der Waals surface area contributed by atoms with Gasteiger partial charge < -0.3 is 10.0 Å². The molecule has 23 heavy (non-hydrogen) atoms. The standard InChI is InChI=1S/C20H24N2O/c23-20-7-3-2-6-19(20)15-21-14-17-8-10-18(11-9-17)16-22-12-4-1-5-13-22/h2-3,6-11,15,23H,1,4-5,12-14,16H2/p+1. The molecule has 120 valence electrons. The number of phenols is 1. The molecular formula is C20H25N2O+. The van der Waals surface area contributed by atoms with Gasteiger partial charge in [-0.1, -0.05) is 36.4 Å². The molecule has 2 aromatic carbocycles. The lowest BCUT2D eigenvalue weighted by atomic mass is 10.1. The van der Waals surface area contributed by atoms with Crippen molar-refractivity contribution in [1.82, 2.24) is 0 Å². The third kappa shape index (κ3) is 4.67. The number of benzene rings is 2. The van der Waals surface area contributed by atoms with Gasteiger partial charge in [0.1, 0.15) is 12.3 Å². The molecule has 0 aliphatic carbocycles. The molecule has 1 aliphatic heterocycles. The van der Waals surface area contributed by atoms with E-state index in [9.17, 15) is 5.11 Å². The first kappa shape index (κ1) is 15.8. The molecule has 0 amide bonds. The monoisotopic (exact) mass is 309 g/mol. The minimum absolute atomic E-state index is 0.274. The van der Waals surface area contributed by atoms with Crippen LogP contribution >= 0.6 is 0 Å². The zero-order chi connectivity index (χ0) is 15.9. The number of aromatic hydroxyl groups is 1. The molecule has 3 rings (SSSR count). The van der Waals surface area contributed by atoms with Crippen LogP contribution in [0.15, 0.2) is 53.5 Å². The molecule has 1 fully saturated rings. The van der Waals surface area contributed by atoms with Crippen molar-refractivity contribution in [1.29, 1.82) is 0 Å². The van der Waals surface area contributed by atoms with Crippen LogP contribution in [0.3, 0.4) is 0 Å². The minimum Gasteiger partial charge on any atom is -0.507 e. The van der Waals surface area contributed by atoms with Gasteiger partial charge in [-0.3, -0.25) is 4.99 Å². The highest BCUT2D eigenvalue weighted by molar-refractivity contribution is 5.83. The van der Waals surface area contributed by atoms with Crippen LogP contribution in [0, 0.1) is 0 Å². The van der Waals surface area contributed by atoms with Crippen LogP contribution in [0.5, 0.6) is 5.75 Å². The molecule has 0 unspecified atom stereocenters. The SMILES string of the molecule is Oc1ccccc1C=NCc1ccc(C[NH+]2CCCCC2)cc1. The van der Waals surface area contributed by atoms with E-state index in [1.165, 1.54) is 43.5 Å². The average molecular weight is 309 g/mol. The number of para-hydroxylation sites is 1. The molecule has 0 saturated carbocycles. The molecule has 1 heterocycles. The van der Waals surface area contributed by atoms with Crippen molar-refractivity contribution in [3.05, 3.63) is 65.2 Å². The molecule has 3 heteroatoms. The van der Waals surface area contributed by atoms with E-state index in [-0.39, 0.29) is 5.75 Å². The van der Waals surface area contributed by atoms with Crippen LogP contribution in [0.2, 0.25) is 0 Å². The van der Waals surface area contributed by atoms with Crippen molar-refractivity contribution in [3.63, 3.8) is 0 Å². The summed E-state index contributed by atoms with van der Waals surface area (Å²) in [6, 6.07) is 16.1. The number of quaternary nitrogens is 1. The van der Waals surface area contributed by atoms with E-state index in [1.807, 2.05) is 18.2 Å². The fraction of sp³-hybridized carbons (Fsp3) is 0.350. The predicted molar refractivity (Wildman–Crippen MR) is 94.1 cm³/mol. The Balaban J connectivity index is 1.54. The number of piperidine rings is 1. The van der Waals surface area contributed by atoms with E-state index >= 15 is 0 Å². The maximum Gasteiger partial charge on any atom is 0.124 e. The highest BCUT2D eigenvalue weighted by Crippen LogP contribution is 2.13. The third-order valence-corrected chi connectivity index (χ3v) is 4.48. The minimum atomic E-state index is 0.274. The molecular weight excluding hydrogens is 284 g/mol. The Labute approximate surface area is 138 Å². The summed E-state index contributed by atoms with van der Waals surface area (Å²) in [4.78, 5) is 6.14. The van der Waals surface area contributed by atoms with E-state index in [1.54, 1.807) is 17.2 Å². The van der Waals surface area contributed by atoms with Crippen LogP contribution < -0.4 is 4.90 Å². The second-order valence-electron chi connectivity index (χ2n) is 6.33. The van der Waals surface area contributed by atoms with E-state index in [2.05, 4.69) is 29.3 Å². The fourth-order valence-electron chi connectivity index (χ4n) is 3.13. The van der Waals surface area contributed by atoms with Gasteiger partial charge in [0.2, 0.25) is 0 Å². The molecule has 0 bridgehead atoms. The summed E-state index contributed by atoms with van der Waals surface area (Å²) >= 11 is 0. The van der Waals surface area contributed by atoms with Gasteiger partial charge in [-0.2, -0.15) is 0 Å². The normalized spacial score (nSPS) is 16.0. The van der Waals surface area contributed by atoms with Gasteiger partial charge in [-0.25, -0.2) is 0 Å². The van der Waals surface area contributed by atoms with Crippen molar-refractivity contribution in [3.8, 4) is 5.75 Å². The van der Waals surface area contributed by atoms with Gasteiger partial charge in [0.15, 0.2) is 0 Å². The molecule has 0 radical (unpaired) electrons. The molecule has 2 aromatic rings. The Hall–Kier alpha value is -2.13. The highest BCUT2D eigenvalue weighted by Gasteiger charge is 2.13. The van der Waals surface area contributed by atoms with Crippen molar-refractivity contribution >= 4 is 6.21 Å². The predicted octanol–water partition coefficient (Wildman–Crippen LogP) is 2.58. The van der Waals surface area contributed by atoms with E-state index in [4.69, 9.17) is 0 Å². The molecule has 0 spiro atoms. The Bertz CT molecular complexity index is 643. The molecule has 0 aromatic heterocycles. The largest absolute Gasteiger partial charge is 0.507 e. The van der Waals surface area contributed by atoms with Gasteiger partial charge in [0.25, 0.3) is 0 Å². The van der Waals surface area contributed by atoms with Crippen LogP contribution in [0.4, 0.5) is 0 Å². The summed E-state index contributed by atoms with van der Waals surface area (Å²) in [7, 11) is 0. The first-order valence-corrected chi connectivity index (χ1v) is 8.50. The molecule has 1 saturated heterocycles. The summed E-state index contributed by atoms with van der Waals surface area (Å²) in [5.41, 5.74) is 3.38. The number of hydrogen-bond acceptors (Lipinski definition) is 2. The van der Waals surface area contributed by atoms with E-state index in [0.29, 0.717) is 6.54 Å². The Kier molecular flexibility index (Phi) is 5.43. The maximum absolute atomic E-state index is 9.71. The first-order valence-electron chi connectivity index (χ1n) is 8.50. The van der Waals surface area contributed by atoms with Gasteiger partial charge in [-0.15, -0.1) is 0 Å². The quantitative estimate of drug-likeness (QED) is 0.819. The van der Waals surface area contributed by atoms with Crippen molar-refractivity contribution in [2.24, 2.45) is 4.99 Å². The van der Waals surface area contributed by atoms with Crippen molar-refractivity contribution in [2.75, 3.05) is 13.1 Å². The summed E-state index contributed by atoms with van der Waals surface area (Å²) in [5.74, 6) is 0.274. The molecule has 3 nitrogen and oxygen atoms in total. The smallest absolute Gasteiger partial charge is 0.124 e. The average Bonchev–Trinajstić information content (AvgIpc) is 2.59. The lowest BCUT2D eigenvalue weighted by Gasteiger charge is -2.23. The maximum atomic E-state index is 9.71. The van der Waals surface area contributed by atoms with Crippen molar-refractivity contribution in [2.45, 2.75) is 32.4 Å². The molecule has 1 aliphatic rings. The van der Waals surface area contributed by atoms with Crippen LogP contribution in [-0.4, -0.2) is 24.4 Å². The second-order valence-corrected chi connectivity index (χ2v) is 6.33. The number of nitrogens with zero attached hydrogens (tertiary/aromatic N) is 1. The number of hydrogen-bond donors (Lipinski definition) is 2. The summed E-state index contributed by atoms with van der Waals surface area (Å²) in [6.45, 7) is 4.41. The van der Waals surface area contributed by atoms with Crippen molar-refractivity contribution < 1.29 is 10.0 Å². The summed E-state index contributed by atoms with van der Waals surface area (Å²) < 4.78 is 0.